The van der Waals surface area contributed by atoms with E-state index in [-0.39, 0.29) is 42.5 Å². The first-order valence-electron chi connectivity index (χ1n) is 9.23. The maximum absolute atomic E-state index is 13.1. The Morgan fingerprint density at radius 1 is 1.09 bits per heavy atom. The van der Waals surface area contributed by atoms with Crippen LogP contribution in [0.4, 0.5) is 24.5 Å². The lowest BCUT2D eigenvalue weighted by Crippen LogP contribution is -2.48. The van der Waals surface area contributed by atoms with Gasteiger partial charge < -0.3 is 4.90 Å². The highest BCUT2D eigenvalue weighted by atomic mass is 35.5. The van der Waals surface area contributed by atoms with Gasteiger partial charge in [-0.2, -0.15) is 17.5 Å². The number of carbonyl (C=O) groups excluding carboxylic acids is 1. The van der Waals surface area contributed by atoms with E-state index >= 15 is 0 Å². The number of rotatable bonds is 5. The van der Waals surface area contributed by atoms with Crippen molar-refractivity contribution in [3.05, 3.63) is 62.7 Å². The number of ketones is 1. The minimum absolute atomic E-state index is 0.00724. The largest absolute Gasteiger partial charge is 0.418 e. The minimum atomic E-state index is -4.86. The fraction of sp³-hybridized carbons (Fsp3) is 0.316. The van der Waals surface area contributed by atoms with Crippen molar-refractivity contribution < 1.29 is 31.3 Å². The molecule has 0 spiro atoms. The van der Waals surface area contributed by atoms with Crippen LogP contribution < -0.4 is 4.90 Å². The van der Waals surface area contributed by atoms with E-state index in [2.05, 4.69) is 0 Å². The first kappa shape index (κ1) is 24.0. The molecule has 0 saturated carbocycles. The molecule has 8 nitrogen and oxygen atoms in total. The van der Waals surface area contributed by atoms with Crippen LogP contribution in [-0.4, -0.2) is 49.6 Å². The van der Waals surface area contributed by atoms with E-state index in [9.17, 15) is 36.5 Å². The predicted molar refractivity (Wildman–Crippen MR) is 111 cm³/mol. The molecule has 1 fully saturated rings. The third-order valence-electron chi connectivity index (χ3n) is 5.04. The Hall–Kier alpha value is -2.70. The molecule has 0 aromatic heterocycles. The van der Waals surface area contributed by atoms with Crippen LogP contribution in [0.2, 0.25) is 5.02 Å². The summed E-state index contributed by atoms with van der Waals surface area (Å²) in [5.41, 5.74) is -1.83. The second-order valence-corrected chi connectivity index (χ2v) is 9.39. The Morgan fingerprint density at radius 2 is 1.66 bits per heavy atom. The normalized spacial score (nSPS) is 15.6. The number of nitrogens with zero attached hydrogens (tertiary/aromatic N) is 3. The van der Waals surface area contributed by atoms with Gasteiger partial charge in [-0.3, -0.25) is 14.9 Å². The summed E-state index contributed by atoms with van der Waals surface area (Å²) < 4.78 is 66.1. The average molecular weight is 492 g/mol. The van der Waals surface area contributed by atoms with Gasteiger partial charge in [0.15, 0.2) is 5.78 Å². The molecule has 1 aliphatic heterocycles. The number of piperazine rings is 1. The van der Waals surface area contributed by atoms with Gasteiger partial charge in [-0.05, 0) is 25.1 Å². The summed E-state index contributed by atoms with van der Waals surface area (Å²) in [6.07, 6.45) is -4.86. The van der Waals surface area contributed by atoms with Gasteiger partial charge in [-0.25, -0.2) is 8.42 Å². The Kier molecular flexibility index (Phi) is 6.50. The molecule has 172 valence electrons. The van der Waals surface area contributed by atoms with E-state index in [1.54, 1.807) is 0 Å². The summed E-state index contributed by atoms with van der Waals surface area (Å²) in [5.74, 6) is -0.209. The fourth-order valence-electron chi connectivity index (χ4n) is 3.35. The molecule has 1 heterocycles. The number of nitro groups is 1. The van der Waals surface area contributed by atoms with Crippen molar-refractivity contribution in [2.45, 2.75) is 18.0 Å². The van der Waals surface area contributed by atoms with E-state index in [1.807, 2.05) is 0 Å². The van der Waals surface area contributed by atoms with E-state index in [1.165, 1.54) is 40.4 Å². The van der Waals surface area contributed by atoms with Gasteiger partial charge in [0.1, 0.15) is 5.69 Å². The lowest BCUT2D eigenvalue weighted by atomic mass is 10.1. The van der Waals surface area contributed by atoms with Gasteiger partial charge in [0.25, 0.3) is 5.69 Å². The van der Waals surface area contributed by atoms with E-state index in [0.29, 0.717) is 11.6 Å². The molecule has 32 heavy (non-hydrogen) atoms. The first-order chi connectivity index (χ1) is 14.8. The van der Waals surface area contributed by atoms with Crippen LogP contribution in [0.25, 0.3) is 0 Å². The SMILES string of the molecule is CC(=O)c1ccc(S(=O)(=O)N2CCN(c3cc(Cl)c(C(F)(F)F)cc3[N+](=O)[O-])CC2)cc1. The van der Waals surface area contributed by atoms with E-state index in [4.69, 9.17) is 11.6 Å². The number of hydrogen-bond donors (Lipinski definition) is 0. The van der Waals surface area contributed by atoms with Gasteiger partial charge in [-0.1, -0.05) is 23.7 Å². The zero-order valence-electron chi connectivity index (χ0n) is 16.6. The molecular formula is C19H17ClF3N3O5S. The van der Waals surface area contributed by atoms with Crippen molar-refractivity contribution in [2.24, 2.45) is 0 Å². The van der Waals surface area contributed by atoms with Crippen molar-refractivity contribution in [3.8, 4) is 0 Å². The third kappa shape index (κ3) is 4.71. The first-order valence-corrected chi connectivity index (χ1v) is 11.1. The summed E-state index contributed by atoms with van der Waals surface area (Å²) in [7, 11) is -3.88. The maximum Gasteiger partial charge on any atom is 0.418 e. The molecule has 0 radical (unpaired) electrons. The van der Waals surface area contributed by atoms with Crippen LogP contribution >= 0.6 is 11.6 Å². The number of sulfonamides is 1. The molecule has 1 saturated heterocycles. The molecule has 2 aromatic rings. The van der Waals surface area contributed by atoms with Crippen LogP contribution in [-0.2, 0) is 16.2 Å². The average Bonchev–Trinajstić information content (AvgIpc) is 2.72. The minimum Gasteiger partial charge on any atom is -0.363 e. The van der Waals surface area contributed by atoms with Gasteiger partial charge in [-0.15, -0.1) is 0 Å². The number of nitro benzene ring substituents is 1. The second-order valence-electron chi connectivity index (χ2n) is 7.05. The molecule has 0 aliphatic carbocycles. The molecule has 0 atom stereocenters. The third-order valence-corrected chi connectivity index (χ3v) is 7.27. The number of anilines is 1. The molecule has 0 bridgehead atoms. The number of alkyl halides is 3. The van der Waals surface area contributed by atoms with Crippen LogP contribution in [0, 0.1) is 10.1 Å². The van der Waals surface area contributed by atoms with Crippen LogP contribution in [0.1, 0.15) is 22.8 Å². The van der Waals surface area contributed by atoms with Crippen molar-refractivity contribution in [1.82, 2.24) is 4.31 Å². The van der Waals surface area contributed by atoms with Crippen molar-refractivity contribution in [2.75, 3.05) is 31.1 Å². The molecule has 0 amide bonds. The number of halogens is 4. The fourth-order valence-corrected chi connectivity index (χ4v) is 5.04. The second kappa shape index (κ2) is 8.68. The van der Waals surface area contributed by atoms with E-state index < -0.39 is 37.4 Å². The molecule has 3 rings (SSSR count). The quantitative estimate of drug-likeness (QED) is 0.356. The molecule has 13 heteroatoms. The summed E-state index contributed by atoms with van der Waals surface area (Å²) in [4.78, 5) is 23.2. The number of benzene rings is 2. The Bertz CT molecular complexity index is 1160. The summed E-state index contributed by atoms with van der Waals surface area (Å²) >= 11 is 5.73. The van der Waals surface area contributed by atoms with Crippen LogP contribution in [0.3, 0.4) is 0 Å². The molecule has 0 unspecified atom stereocenters. The summed E-state index contributed by atoms with van der Waals surface area (Å²) in [6.45, 7) is 1.27. The monoisotopic (exact) mass is 491 g/mol. The van der Waals surface area contributed by atoms with Crippen LogP contribution in [0.5, 0.6) is 0 Å². The highest BCUT2D eigenvalue weighted by molar-refractivity contribution is 7.89. The highest BCUT2D eigenvalue weighted by Crippen LogP contribution is 2.41. The zero-order valence-corrected chi connectivity index (χ0v) is 18.2. The van der Waals surface area contributed by atoms with Crippen molar-refractivity contribution >= 4 is 38.8 Å². The molecule has 1 aliphatic rings. The standard InChI is InChI=1S/C19H17ClF3N3O5S/c1-12(27)13-2-4-14(5-3-13)32(30,31)25-8-6-24(7-9-25)17-11-16(20)15(19(21,22)23)10-18(17)26(28)29/h2-5,10-11H,6-9H2,1H3. The number of carbonyl (C=O) groups is 1. The number of Topliss-reactive ketones (excluding diaryl/α,β-unsaturated/α-hetero) is 1. The Balaban J connectivity index is 1.83. The number of hydrogen-bond acceptors (Lipinski definition) is 6. The smallest absolute Gasteiger partial charge is 0.363 e. The molecular weight excluding hydrogens is 475 g/mol. The highest BCUT2D eigenvalue weighted by Gasteiger charge is 2.38. The summed E-state index contributed by atoms with van der Waals surface area (Å²) in [5, 5.41) is 10.7. The lowest BCUT2D eigenvalue weighted by molar-refractivity contribution is -0.384. The topological polar surface area (TPSA) is 101 Å². The maximum atomic E-state index is 13.1. The van der Waals surface area contributed by atoms with Gasteiger partial charge in [0, 0.05) is 37.8 Å². The van der Waals surface area contributed by atoms with E-state index in [0.717, 1.165) is 6.07 Å². The predicted octanol–water partition coefficient (Wildman–Crippen LogP) is 3.98. The van der Waals surface area contributed by atoms with Crippen LogP contribution in [0.15, 0.2) is 41.3 Å². The van der Waals surface area contributed by atoms with Crippen molar-refractivity contribution in [3.63, 3.8) is 0 Å². The Morgan fingerprint density at radius 3 is 2.12 bits per heavy atom. The summed E-state index contributed by atoms with van der Waals surface area (Å²) in [6, 6.07) is 6.71. The lowest BCUT2D eigenvalue weighted by Gasteiger charge is -2.35. The van der Waals surface area contributed by atoms with Crippen molar-refractivity contribution in [1.29, 1.82) is 0 Å². The Labute approximate surface area is 186 Å². The molecule has 0 N–H and O–H groups in total. The zero-order chi connectivity index (χ0) is 23.8. The van der Waals surface area contributed by atoms with Gasteiger partial charge in [0.2, 0.25) is 10.0 Å². The van der Waals surface area contributed by atoms with Gasteiger partial charge >= 0.3 is 6.18 Å². The van der Waals surface area contributed by atoms with Gasteiger partial charge in [0.05, 0.1) is 20.4 Å². The molecule has 2 aromatic carbocycles.